The maximum absolute atomic E-state index is 12.3. The lowest BCUT2D eigenvalue weighted by Gasteiger charge is -2.46. The Labute approximate surface area is 147 Å². The lowest BCUT2D eigenvalue weighted by atomic mass is 9.68. The minimum absolute atomic E-state index is 0.293. The van der Waals surface area contributed by atoms with Gasteiger partial charge in [0.2, 0.25) is 0 Å². The van der Waals surface area contributed by atoms with E-state index in [1.165, 1.54) is 32.8 Å². The highest BCUT2D eigenvalue weighted by Crippen LogP contribution is 2.42. The van der Waals surface area contributed by atoms with Crippen LogP contribution in [0.1, 0.15) is 45.4 Å². The molecular weight excluding hydrogens is 362 g/mol. The van der Waals surface area contributed by atoms with Crippen molar-refractivity contribution in [1.82, 2.24) is 4.90 Å². The average molecular weight is 390 g/mol. The second-order valence-electron chi connectivity index (χ2n) is 6.66. The summed E-state index contributed by atoms with van der Waals surface area (Å²) >= 11 is 3.50. The fraction of sp³-hybridized carbons (Fsp3) is 0.882. The molecule has 0 unspecified atom stereocenters. The van der Waals surface area contributed by atoms with E-state index in [1.807, 2.05) is 0 Å². The summed E-state index contributed by atoms with van der Waals surface area (Å²) in [6, 6.07) is -0.487. The van der Waals surface area contributed by atoms with Gasteiger partial charge in [-0.25, -0.2) is 9.59 Å². The molecule has 1 amide bonds. The van der Waals surface area contributed by atoms with Crippen LogP contribution >= 0.6 is 15.9 Å². The molecule has 1 aliphatic carbocycles. The zero-order valence-electron chi connectivity index (χ0n) is 14.1. The van der Waals surface area contributed by atoms with Crippen LogP contribution < -0.4 is 0 Å². The maximum Gasteiger partial charge on any atom is 0.410 e. The molecule has 1 saturated carbocycles. The molecule has 0 radical (unpaired) electrons. The van der Waals surface area contributed by atoms with Crippen LogP contribution in [-0.2, 0) is 14.3 Å². The summed E-state index contributed by atoms with van der Waals surface area (Å²) in [5, 5.41) is 1.05. The Kier molecular flexibility index (Phi) is 7.18. The van der Waals surface area contributed by atoms with Crippen molar-refractivity contribution >= 4 is 28.0 Å². The number of alkyl halides is 1. The molecular formula is C17H28BrNO4. The number of methoxy groups -OCH3 is 1. The highest BCUT2D eigenvalue weighted by atomic mass is 79.9. The third-order valence-corrected chi connectivity index (χ3v) is 5.86. The molecule has 1 aliphatic heterocycles. The topological polar surface area (TPSA) is 55.8 Å². The van der Waals surface area contributed by atoms with Gasteiger partial charge in [0.1, 0.15) is 6.04 Å². The number of esters is 1. The first-order chi connectivity index (χ1) is 11.1. The molecule has 2 rings (SSSR count). The molecule has 0 aromatic rings. The van der Waals surface area contributed by atoms with Crippen LogP contribution in [-0.4, -0.2) is 48.6 Å². The van der Waals surface area contributed by atoms with E-state index in [0.717, 1.165) is 17.7 Å². The van der Waals surface area contributed by atoms with Gasteiger partial charge in [-0.05, 0) is 56.8 Å². The van der Waals surface area contributed by atoms with Crippen LogP contribution in [0, 0.1) is 17.8 Å². The summed E-state index contributed by atoms with van der Waals surface area (Å²) in [6.07, 6.45) is 6.29. The molecule has 2 fully saturated rings. The normalized spacial score (nSPS) is 30.5. The Balaban J connectivity index is 2.05. The van der Waals surface area contributed by atoms with Crippen molar-refractivity contribution in [2.45, 2.75) is 51.5 Å². The lowest BCUT2D eigenvalue weighted by molar-refractivity contribution is -0.152. The first-order valence-corrected chi connectivity index (χ1v) is 9.80. The molecule has 5 nitrogen and oxygen atoms in total. The van der Waals surface area contributed by atoms with Crippen LogP contribution in [0.25, 0.3) is 0 Å². The van der Waals surface area contributed by atoms with E-state index in [1.54, 1.807) is 11.8 Å². The van der Waals surface area contributed by atoms with E-state index in [9.17, 15) is 9.59 Å². The van der Waals surface area contributed by atoms with E-state index in [4.69, 9.17) is 9.47 Å². The highest BCUT2D eigenvalue weighted by molar-refractivity contribution is 9.09. The van der Waals surface area contributed by atoms with Gasteiger partial charge < -0.3 is 9.47 Å². The number of halogens is 1. The highest BCUT2D eigenvalue weighted by Gasteiger charge is 2.44. The van der Waals surface area contributed by atoms with Crippen LogP contribution in [0.3, 0.4) is 0 Å². The number of rotatable bonds is 5. The Hall–Kier alpha value is -0.780. The third-order valence-electron chi connectivity index (χ3n) is 5.30. The Morgan fingerprint density at radius 2 is 2.00 bits per heavy atom. The second-order valence-corrected chi connectivity index (χ2v) is 7.45. The summed E-state index contributed by atoms with van der Waals surface area (Å²) in [7, 11) is 1.37. The largest absolute Gasteiger partial charge is 0.464 e. The summed E-state index contributed by atoms with van der Waals surface area (Å²) in [5.41, 5.74) is 0. The standard InChI is InChI=1S/C17H28BrNO4/c1-3-23-16(20)15-10-14-9-12(5-4-8-18)6-7-13(14)11-19(15)17(21)22-2/h12-15H,3-11H2,1-2H3/t12-,13-,14+,15-/m0/s1. The molecule has 132 valence electrons. The molecule has 0 bridgehead atoms. The third kappa shape index (κ3) is 4.61. The number of carbonyl (C=O) groups is 2. The molecule has 1 saturated heterocycles. The summed E-state index contributed by atoms with van der Waals surface area (Å²) in [6.45, 7) is 2.75. The van der Waals surface area contributed by atoms with Gasteiger partial charge >= 0.3 is 12.1 Å². The average Bonchev–Trinajstić information content (AvgIpc) is 2.58. The zero-order chi connectivity index (χ0) is 16.8. The fourth-order valence-corrected chi connectivity index (χ4v) is 4.48. The predicted molar refractivity (Wildman–Crippen MR) is 91.5 cm³/mol. The molecule has 0 aromatic heterocycles. The van der Waals surface area contributed by atoms with Gasteiger partial charge in [-0.15, -0.1) is 0 Å². The number of ether oxygens (including phenoxy) is 2. The smallest absolute Gasteiger partial charge is 0.410 e. The molecule has 0 N–H and O–H groups in total. The Morgan fingerprint density at radius 1 is 1.22 bits per heavy atom. The minimum atomic E-state index is -0.487. The SMILES string of the molecule is CCOC(=O)[C@@H]1C[C@H]2C[C@@H](CCCBr)CC[C@H]2CN1C(=O)OC. The predicted octanol–water partition coefficient (Wildman–Crippen LogP) is 3.60. The van der Waals surface area contributed by atoms with E-state index < -0.39 is 12.1 Å². The number of hydrogen-bond donors (Lipinski definition) is 0. The summed E-state index contributed by atoms with van der Waals surface area (Å²) in [5.74, 6) is 1.46. The van der Waals surface area contributed by atoms with Gasteiger partial charge in [-0.3, -0.25) is 4.90 Å². The van der Waals surface area contributed by atoms with Crippen molar-refractivity contribution in [3.8, 4) is 0 Å². The van der Waals surface area contributed by atoms with Gasteiger partial charge in [0, 0.05) is 11.9 Å². The van der Waals surface area contributed by atoms with Crippen LogP contribution in [0.2, 0.25) is 0 Å². The van der Waals surface area contributed by atoms with Crippen LogP contribution in [0.15, 0.2) is 0 Å². The quantitative estimate of drug-likeness (QED) is 0.532. The van der Waals surface area contributed by atoms with Crippen molar-refractivity contribution in [3.63, 3.8) is 0 Å². The van der Waals surface area contributed by atoms with Crippen molar-refractivity contribution < 1.29 is 19.1 Å². The van der Waals surface area contributed by atoms with Gasteiger partial charge in [-0.2, -0.15) is 0 Å². The second kappa shape index (κ2) is 8.90. The van der Waals surface area contributed by atoms with Crippen molar-refractivity contribution in [2.75, 3.05) is 25.6 Å². The number of likely N-dealkylation sites (tertiary alicyclic amines) is 1. The Morgan fingerprint density at radius 3 is 2.65 bits per heavy atom. The van der Waals surface area contributed by atoms with E-state index in [-0.39, 0.29) is 5.97 Å². The number of carbonyl (C=O) groups excluding carboxylic acids is 2. The maximum atomic E-state index is 12.3. The lowest BCUT2D eigenvalue weighted by Crippen LogP contribution is -2.55. The van der Waals surface area contributed by atoms with E-state index in [0.29, 0.717) is 31.4 Å². The van der Waals surface area contributed by atoms with Crippen molar-refractivity contribution in [1.29, 1.82) is 0 Å². The summed E-state index contributed by atoms with van der Waals surface area (Å²) < 4.78 is 10.1. The van der Waals surface area contributed by atoms with Crippen molar-refractivity contribution in [3.05, 3.63) is 0 Å². The van der Waals surface area contributed by atoms with Gasteiger partial charge in [0.25, 0.3) is 0 Å². The molecule has 0 aromatic carbocycles. The molecule has 1 heterocycles. The molecule has 4 atom stereocenters. The van der Waals surface area contributed by atoms with Crippen LogP contribution in [0.5, 0.6) is 0 Å². The number of piperidine rings is 1. The van der Waals surface area contributed by atoms with Gasteiger partial charge in [0.05, 0.1) is 13.7 Å². The molecule has 23 heavy (non-hydrogen) atoms. The summed E-state index contributed by atoms with van der Waals surface area (Å²) in [4.78, 5) is 25.9. The molecule has 6 heteroatoms. The Bertz CT molecular complexity index is 417. The first-order valence-electron chi connectivity index (χ1n) is 8.67. The monoisotopic (exact) mass is 389 g/mol. The zero-order valence-corrected chi connectivity index (χ0v) is 15.7. The van der Waals surface area contributed by atoms with E-state index >= 15 is 0 Å². The number of nitrogens with zero attached hydrogens (tertiary/aromatic N) is 1. The molecule has 2 aliphatic rings. The number of amides is 1. The van der Waals surface area contributed by atoms with Gasteiger partial charge in [-0.1, -0.05) is 22.4 Å². The van der Waals surface area contributed by atoms with Gasteiger partial charge in [0.15, 0.2) is 0 Å². The molecule has 0 spiro atoms. The van der Waals surface area contributed by atoms with E-state index in [2.05, 4.69) is 15.9 Å². The number of fused-ring (bicyclic) bond motifs is 1. The minimum Gasteiger partial charge on any atom is -0.464 e. The van der Waals surface area contributed by atoms with Crippen LogP contribution in [0.4, 0.5) is 4.79 Å². The number of hydrogen-bond acceptors (Lipinski definition) is 4. The fourth-order valence-electron chi connectivity index (χ4n) is 4.16. The first kappa shape index (κ1) is 18.6. The van der Waals surface area contributed by atoms with Crippen molar-refractivity contribution in [2.24, 2.45) is 17.8 Å².